The molecule has 114 valence electrons. The predicted octanol–water partition coefficient (Wildman–Crippen LogP) is 1.24. The summed E-state index contributed by atoms with van der Waals surface area (Å²) < 4.78 is 5.58. The van der Waals surface area contributed by atoms with E-state index in [9.17, 15) is 14.9 Å². The number of nitrogens with zero attached hydrogens (tertiary/aromatic N) is 2. The van der Waals surface area contributed by atoms with Crippen molar-refractivity contribution < 1.29 is 14.5 Å². The van der Waals surface area contributed by atoms with Crippen molar-refractivity contribution in [2.24, 2.45) is 0 Å². The average Bonchev–Trinajstić information content (AvgIpc) is 2.45. The fourth-order valence-corrected chi connectivity index (χ4v) is 2.37. The molecule has 0 radical (unpaired) electrons. The van der Waals surface area contributed by atoms with Gasteiger partial charge in [-0.3, -0.25) is 14.9 Å². The zero-order valence-corrected chi connectivity index (χ0v) is 12.2. The lowest BCUT2D eigenvalue weighted by Crippen LogP contribution is -2.47. The van der Waals surface area contributed by atoms with E-state index in [0.717, 1.165) is 5.56 Å². The Kier molecular flexibility index (Phi) is 4.74. The van der Waals surface area contributed by atoms with Gasteiger partial charge in [-0.25, -0.2) is 0 Å². The van der Waals surface area contributed by atoms with E-state index in [1.165, 1.54) is 6.92 Å². The van der Waals surface area contributed by atoms with Crippen molar-refractivity contribution >= 4 is 17.3 Å². The summed E-state index contributed by atoms with van der Waals surface area (Å²) >= 11 is 0. The summed E-state index contributed by atoms with van der Waals surface area (Å²) in [5, 5.41) is 13.9. The molecule has 1 aliphatic rings. The number of morpholine rings is 1. The van der Waals surface area contributed by atoms with Gasteiger partial charge in [0, 0.05) is 32.6 Å². The Balaban J connectivity index is 2.14. The van der Waals surface area contributed by atoms with E-state index >= 15 is 0 Å². The van der Waals surface area contributed by atoms with Gasteiger partial charge in [-0.2, -0.15) is 0 Å². The molecule has 1 heterocycles. The first-order valence-electron chi connectivity index (χ1n) is 6.83. The van der Waals surface area contributed by atoms with Gasteiger partial charge in [0.1, 0.15) is 5.69 Å². The van der Waals surface area contributed by atoms with Crippen LogP contribution in [0.1, 0.15) is 12.5 Å². The molecule has 1 aliphatic heterocycles. The minimum absolute atomic E-state index is 0.107. The van der Waals surface area contributed by atoms with Crippen molar-refractivity contribution in [3.8, 4) is 0 Å². The summed E-state index contributed by atoms with van der Waals surface area (Å²) in [6.07, 6.45) is -0.163. The minimum atomic E-state index is -0.360. The molecule has 0 aromatic heterocycles. The lowest BCUT2D eigenvalue weighted by molar-refractivity contribution is -0.384. The van der Waals surface area contributed by atoms with Crippen LogP contribution in [0.25, 0.3) is 0 Å². The summed E-state index contributed by atoms with van der Waals surface area (Å²) in [6, 6.07) is 5.21. The molecule has 1 N–H and O–H groups in total. The molecule has 21 heavy (non-hydrogen) atoms. The van der Waals surface area contributed by atoms with Gasteiger partial charge in [0.15, 0.2) is 0 Å². The number of carbonyl (C=O) groups excluding carboxylic acids is 1. The smallest absolute Gasteiger partial charge is 0.292 e. The van der Waals surface area contributed by atoms with Gasteiger partial charge in [0.25, 0.3) is 5.69 Å². The van der Waals surface area contributed by atoms with Gasteiger partial charge in [-0.05, 0) is 18.6 Å². The molecular weight excluding hydrogens is 274 g/mol. The average molecular weight is 293 g/mol. The number of nitrogens with one attached hydrogen (secondary N) is 1. The molecule has 0 spiro atoms. The second-order valence-corrected chi connectivity index (χ2v) is 5.13. The summed E-state index contributed by atoms with van der Waals surface area (Å²) in [4.78, 5) is 23.7. The molecule has 7 nitrogen and oxygen atoms in total. The molecule has 7 heteroatoms. The molecule has 2 rings (SSSR count). The molecule has 1 aromatic rings. The fourth-order valence-electron chi connectivity index (χ4n) is 2.37. The number of aryl methyl sites for hydroxylation is 1. The Labute approximate surface area is 123 Å². The summed E-state index contributed by atoms with van der Waals surface area (Å²) in [6.45, 7) is 5.28. The SMILES string of the molecule is CC(=O)NC[C@@H]1CN(c2ccc(C)cc2[N+](=O)[O-])CCO1. The third-order valence-corrected chi connectivity index (χ3v) is 3.39. The Morgan fingerprint density at radius 2 is 2.33 bits per heavy atom. The molecule has 1 saturated heterocycles. The maximum Gasteiger partial charge on any atom is 0.292 e. The Morgan fingerprint density at radius 3 is 3.00 bits per heavy atom. The van der Waals surface area contributed by atoms with Crippen molar-refractivity contribution in [1.82, 2.24) is 5.32 Å². The number of hydrogen-bond donors (Lipinski definition) is 1. The van der Waals surface area contributed by atoms with Crippen LogP contribution in [0.15, 0.2) is 18.2 Å². The summed E-state index contributed by atoms with van der Waals surface area (Å²) in [5.74, 6) is -0.114. The molecule has 0 unspecified atom stereocenters. The lowest BCUT2D eigenvalue weighted by Gasteiger charge is -2.34. The van der Waals surface area contributed by atoms with Gasteiger partial charge in [-0.1, -0.05) is 6.07 Å². The normalized spacial score (nSPS) is 18.4. The first-order valence-corrected chi connectivity index (χ1v) is 6.83. The van der Waals surface area contributed by atoms with E-state index in [1.807, 2.05) is 17.9 Å². The number of benzene rings is 1. The summed E-state index contributed by atoms with van der Waals surface area (Å²) in [5.41, 5.74) is 1.56. The van der Waals surface area contributed by atoms with Crippen LogP contribution in [0.3, 0.4) is 0 Å². The van der Waals surface area contributed by atoms with Crippen LogP contribution in [0.5, 0.6) is 0 Å². The fraction of sp³-hybridized carbons (Fsp3) is 0.500. The third kappa shape index (κ3) is 3.91. The van der Waals surface area contributed by atoms with Crippen LogP contribution < -0.4 is 10.2 Å². The van der Waals surface area contributed by atoms with Gasteiger partial charge in [-0.15, -0.1) is 0 Å². The molecule has 0 saturated carbocycles. The van der Waals surface area contributed by atoms with E-state index in [0.29, 0.717) is 31.9 Å². The van der Waals surface area contributed by atoms with E-state index in [4.69, 9.17) is 4.74 Å². The van der Waals surface area contributed by atoms with Crippen LogP contribution >= 0.6 is 0 Å². The number of carbonyl (C=O) groups is 1. The largest absolute Gasteiger partial charge is 0.373 e. The highest BCUT2D eigenvalue weighted by molar-refractivity contribution is 5.72. The maximum atomic E-state index is 11.2. The quantitative estimate of drug-likeness (QED) is 0.667. The van der Waals surface area contributed by atoms with Crippen LogP contribution in [0.2, 0.25) is 0 Å². The number of hydrogen-bond acceptors (Lipinski definition) is 5. The van der Waals surface area contributed by atoms with Crippen molar-refractivity contribution in [2.75, 3.05) is 31.1 Å². The number of nitro benzene ring substituents is 1. The van der Waals surface area contributed by atoms with Crippen molar-refractivity contribution in [1.29, 1.82) is 0 Å². The second-order valence-electron chi connectivity index (χ2n) is 5.13. The standard InChI is InChI=1S/C14H19N3O4/c1-10-3-4-13(14(7-10)17(19)20)16-5-6-21-12(9-16)8-15-11(2)18/h3-4,7,12H,5-6,8-9H2,1-2H3,(H,15,18)/t12-/m1/s1. The molecule has 1 aromatic carbocycles. The first-order chi connectivity index (χ1) is 9.97. The van der Waals surface area contributed by atoms with Crippen molar-refractivity contribution in [3.63, 3.8) is 0 Å². The zero-order valence-electron chi connectivity index (χ0n) is 12.2. The first kappa shape index (κ1) is 15.2. The van der Waals surface area contributed by atoms with E-state index in [-0.39, 0.29) is 22.6 Å². The Morgan fingerprint density at radius 1 is 1.57 bits per heavy atom. The van der Waals surface area contributed by atoms with E-state index in [1.54, 1.807) is 12.1 Å². The van der Waals surface area contributed by atoms with Crippen LogP contribution in [0.4, 0.5) is 11.4 Å². The lowest BCUT2D eigenvalue weighted by atomic mass is 10.1. The monoisotopic (exact) mass is 293 g/mol. The van der Waals surface area contributed by atoms with E-state index in [2.05, 4.69) is 5.32 Å². The van der Waals surface area contributed by atoms with Crippen molar-refractivity contribution in [3.05, 3.63) is 33.9 Å². The van der Waals surface area contributed by atoms with Crippen LogP contribution in [-0.2, 0) is 9.53 Å². The van der Waals surface area contributed by atoms with Gasteiger partial charge >= 0.3 is 0 Å². The maximum absolute atomic E-state index is 11.2. The topological polar surface area (TPSA) is 84.7 Å². The highest BCUT2D eigenvalue weighted by atomic mass is 16.6. The number of nitro groups is 1. The molecule has 1 fully saturated rings. The predicted molar refractivity (Wildman–Crippen MR) is 78.5 cm³/mol. The van der Waals surface area contributed by atoms with Crippen LogP contribution in [0, 0.1) is 17.0 Å². The zero-order chi connectivity index (χ0) is 15.4. The second kappa shape index (κ2) is 6.53. The minimum Gasteiger partial charge on any atom is -0.373 e. The molecule has 0 aliphatic carbocycles. The Bertz CT molecular complexity index is 547. The van der Waals surface area contributed by atoms with Gasteiger partial charge in [0.2, 0.25) is 5.91 Å². The van der Waals surface area contributed by atoms with Gasteiger partial charge in [0.05, 0.1) is 17.6 Å². The van der Waals surface area contributed by atoms with Crippen molar-refractivity contribution in [2.45, 2.75) is 20.0 Å². The number of rotatable bonds is 4. The number of ether oxygens (including phenoxy) is 1. The van der Waals surface area contributed by atoms with Crippen LogP contribution in [-0.4, -0.2) is 43.2 Å². The number of amides is 1. The highest BCUT2D eigenvalue weighted by Gasteiger charge is 2.26. The molecular formula is C14H19N3O4. The highest BCUT2D eigenvalue weighted by Crippen LogP contribution is 2.30. The molecule has 1 amide bonds. The molecule has 0 bridgehead atoms. The van der Waals surface area contributed by atoms with E-state index < -0.39 is 0 Å². The molecule has 1 atom stereocenters. The third-order valence-electron chi connectivity index (χ3n) is 3.39. The van der Waals surface area contributed by atoms with Gasteiger partial charge < -0.3 is 15.0 Å². The summed E-state index contributed by atoms with van der Waals surface area (Å²) in [7, 11) is 0. The Hall–Kier alpha value is -2.15. The number of anilines is 1.